The lowest BCUT2D eigenvalue weighted by Gasteiger charge is -2.10. The van der Waals surface area contributed by atoms with Gasteiger partial charge < -0.3 is 5.11 Å². The summed E-state index contributed by atoms with van der Waals surface area (Å²) in [6.45, 7) is 1.57. The van der Waals surface area contributed by atoms with Crippen molar-refractivity contribution in [2.24, 2.45) is 7.05 Å². The van der Waals surface area contributed by atoms with Crippen molar-refractivity contribution in [1.82, 2.24) is 9.36 Å². The Bertz CT molecular complexity index is 1280. The van der Waals surface area contributed by atoms with Gasteiger partial charge in [0.2, 0.25) is 0 Å². The predicted molar refractivity (Wildman–Crippen MR) is 110 cm³/mol. The summed E-state index contributed by atoms with van der Waals surface area (Å²) in [5.41, 5.74) is -0.303. The van der Waals surface area contributed by atoms with Crippen molar-refractivity contribution >= 4 is 44.9 Å². The van der Waals surface area contributed by atoms with E-state index in [9.17, 15) is 23.1 Å². The third-order valence-corrected chi connectivity index (χ3v) is 6.46. The van der Waals surface area contributed by atoms with Gasteiger partial charge in [-0.05, 0) is 31.2 Å². The Balaban J connectivity index is 2.13. The van der Waals surface area contributed by atoms with E-state index in [2.05, 4.69) is 4.72 Å². The lowest BCUT2D eigenvalue weighted by atomic mass is 10.2. The van der Waals surface area contributed by atoms with E-state index in [-0.39, 0.29) is 15.7 Å². The molecule has 0 radical (unpaired) electrons. The summed E-state index contributed by atoms with van der Waals surface area (Å²) < 4.78 is 30.8. The van der Waals surface area contributed by atoms with Crippen LogP contribution in [0.2, 0.25) is 10.0 Å². The number of carbonyl (C=O) groups is 1. The second kappa shape index (κ2) is 7.58. The molecule has 0 atom stereocenters. The molecule has 2 N–H and O–H groups in total. The summed E-state index contributed by atoms with van der Waals surface area (Å²) in [5, 5.41) is 8.71. The number of halogens is 2. The number of hydrogen-bond donors (Lipinski definition) is 2. The first kappa shape index (κ1) is 21.0. The summed E-state index contributed by atoms with van der Waals surface area (Å²) >= 11 is 11.8. The average Bonchev–Trinajstić information content (AvgIpc) is 2.85. The van der Waals surface area contributed by atoms with E-state index < -0.39 is 32.0 Å². The fourth-order valence-corrected chi connectivity index (χ4v) is 4.75. The number of nitrogens with one attached hydrogen (secondary N) is 1. The molecule has 8 nitrogen and oxygen atoms in total. The molecule has 0 saturated carbocycles. The van der Waals surface area contributed by atoms with Crippen LogP contribution in [-0.4, -0.2) is 28.9 Å². The van der Waals surface area contributed by atoms with E-state index in [0.29, 0.717) is 11.4 Å². The lowest BCUT2D eigenvalue weighted by Crippen LogP contribution is -2.23. The molecule has 0 aliphatic carbocycles. The number of hydrogen-bond acceptors (Lipinski definition) is 4. The highest BCUT2D eigenvalue weighted by Gasteiger charge is 2.26. The molecule has 0 aliphatic rings. The number of anilines is 1. The zero-order valence-electron chi connectivity index (χ0n) is 15.2. The number of sulfonamides is 1. The van der Waals surface area contributed by atoms with Gasteiger partial charge in [0.1, 0.15) is 10.6 Å². The number of rotatable bonds is 5. The van der Waals surface area contributed by atoms with Crippen LogP contribution in [-0.2, 0) is 17.1 Å². The topological polar surface area (TPSA) is 110 Å². The summed E-state index contributed by atoms with van der Waals surface area (Å²) in [7, 11) is -2.77. The standard InChI is InChI=1S/C18H15Cl2N3O5S/c1-10-16(17(24)23(22(10)2)11-6-4-3-5-7-11)21-29(27,28)15-8-12(18(25)26)13(19)9-14(15)20/h3-9,21H,1-2H3,(H,25,26). The van der Waals surface area contributed by atoms with E-state index in [1.54, 1.807) is 44.3 Å². The van der Waals surface area contributed by atoms with E-state index in [4.69, 9.17) is 23.2 Å². The maximum Gasteiger partial charge on any atom is 0.337 e. The van der Waals surface area contributed by atoms with E-state index in [0.717, 1.165) is 12.1 Å². The first-order chi connectivity index (χ1) is 13.5. The monoisotopic (exact) mass is 455 g/mol. The van der Waals surface area contributed by atoms with Gasteiger partial charge in [-0.2, -0.15) is 0 Å². The lowest BCUT2D eigenvalue weighted by molar-refractivity contribution is 0.0697. The Hall–Kier alpha value is -2.75. The number of para-hydroxylation sites is 1. The quantitative estimate of drug-likeness (QED) is 0.612. The van der Waals surface area contributed by atoms with Crippen LogP contribution in [0.5, 0.6) is 0 Å². The molecule has 152 valence electrons. The highest BCUT2D eigenvalue weighted by atomic mass is 35.5. The molecule has 0 aliphatic heterocycles. The van der Waals surface area contributed by atoms with Gasteiger partial charge in [-0.3, -0.25) is 14.2 Å². The van der Waals surface area contributed by atoms with Crippen molar-refractivity contribution in [3.63, 3.8) is 0 Å². The van der Waals surface area contributed by atoms with Crippen LogP contribution in [0, 0.1) is 6.92 Å². The molecular formula is C18H15Cl2N3O5S. The number of benzene rings is 2. The first-order valence-electron chi connectivity index (χ1n) is 8.13. The van der Waals surface area contributed by atoms with Gasteiger partial charge in [0.25, 0.3) is 15.6 Å². The fourth-order valence-electron chi connectivity index (χ4n) is 2.77. The van der Waals surface area contributed by atoms with Crippen LogP contribution in [0.1, 0.15) is 16.1 Å². The van der Waals surface area contributed by atoms with Gasteiger partial charge in [-0.1, -0.05) is 41.4 Å². The van der Waals surface area contributed by atoms with E-state index >= 15 is 0 Å². The van der Waals surface area contributed by atoms with E-state index in [1.807, 2.05) is 0 Å². The second-order valence-corrected chi connectivity index (χ2v) is 8.57. The molecule has 1 aromatic heterocycles. The van der Waals surface area contributed by atoms with Gasteiger partial charge in [0.05, 0.1) is 27.0 Å². The molecule has 11 heteroatoms. The molecule has 0 bridgehead atoms. The van der Waals surface area contributed by atoms with Crippen LogP contribution in [0.3, 0.4) is 0 Å². The molecule has 3 rings (SSSR count). The van der Waals surface area contributed by atoms with Crippen LogP contribution in [0.15, 0.2) is 52.2 Å². The number of nitrogens with zero attached hydrogens (tertiary/aromatic N) is 2. The molecular weight excluding hydrogens is 441 g/mol. The minimum Gasteiger partial charge on any atom is -0.478 e. The Labute approximate surface area is 175 Å². The second-order valence-electron chi connectivity index (χ2n) is 6.11. The molecule has 0 unspecified atom stereocenters. The summed E-state index contributed by atoms with van der Waals surface area (Å²) in [4.78, 5) is 23.7. The summed E-state index contributed by atoms with van der Waals surface area (Å²) in [6.07, 6.45) is 0. The fraction of sp³-hybridized carbons (Fsp3) is 0.111. The van der Waals surface area contributed by atoms with Crippen molar-refractivity contribution in [3.05, 3.63) is 74.1 Å². The van der Waals surface area contributed by atoms with Crippen LogP contribution >= 0.6 is 23.2 Å². The van der Waals surface area contributed by atoms with Crippen molar-refractivity contribution in [3.8, 4) is 5.69 Å². The number of aromatic nitrogens is 2. The Morgan fingerprint density at radius 2 is 1.72 bits per heavy atom. The van der Waals surface area contributed by atoms with Crippen LogP contribution in [0.4, 0.5) is 5.69 Å². The van der Waals surface area contributed by atoms with Crippen molar-refractivity contribution in [1.29, 1.82) is 0 Å². The Morgan fingerprint density at radius 1 is 1.10 bits per heavy atom. The third-order valence-electron chi connectivity index (χ3n) is 4.33. The van der Waals surface area contributed by atoms with Gasteiger partial charge in [-0.15, -0.1) is 0 Å². The minimum absolute atomic E-state index is 0.181. The zero-order chi connectivity index (χ0) is 21.5. The van der Waals surface area contributed by atoms with Gasteiger partial charge in [0, 0.05) is 7.05 Å². The van der Waals surface area contributed by atoms with Crippen molar-refractivity contribution in [2.75, 3.05) is 4.72 Å². The predicted octanol–water partition coefficient (Wildman–Crippen LogP) is 3.29. The van der Waals surface area contributed by atoms with Crippen molar-refractivity contribution in [2.45, 2.75) is 11.8 Å². The molecule has 29 heavy (non-hydrogen) atoms. The normalized spacial score (nSPS) is 11.4. The molecule has 3 aromatic rings. The Kier molecular flexibility index (Phi) is 5.48. The molecule has 0 spiro atoms. The largest absolute Gasteiger partial charge is 0.478 e. The number of carboxylic acids is 1. The SMILES string of the molecule is Cc1c(NS(=O)(=O)c2cc(C(=O)O)c(Cl)cc2Cl)c(=O)n(-c2ccccc2)n1C. The van der Waals surface area contributed by atoms with Gasteiger partial charge >= 0.3 is 5.97 Å². The first-order valence-corrected chi connectivity index (χ1v) is 10.4. The molecule has 1 heterocycles. The summed E-state index contributed by atoms with van der Waals surface area (Å²) in [6, 6.07) is 10.6. The average molecular weight is 456 g/mol. The van der Waals surface area contributed by atoms with Crippen molar-refractivity contribution < 1.29 is 18.3 Å². The molecule has 2 aromatic carbocycles. The number of carboxylic acid groups (broad SMARTS) is 1. The third kappa shape index (κ3) is 3.76. The van der Waals surface area contributed by atoms with Gasteiger partial charge in [-0.25, -0.2) is 17.9 Å². The number of aromatic carboxylic acids is 1. The van der Waals surface area contributed by atoms with Crippen LogP contribution < -0.4 is 10.3 Å². The molecule has 0 saturated heterocycles. The van der Waals surface area contributed by atoms with Gasteiger partial charge in [0.15, 0.2) is 0 Å². The highest BCUT2D eigenvalue weighted by Crippen LogP contribution is 2.30. The smallest absolute Gasteiger partial charge is 0.337 e. The maximum absolute atomic E-state index is 12.9. The zero-order valence-corrected chi connectivity index (χ0v) is 17.5. The minimum atomic E-state index is -4.38. The summed E-state index contributed by atoms with van der Waals surface area (Å²) in [5.74, 6) is -1.41. The molecule has 0 fully saturated rings. The maximum atomic E-state index is 12.9. The molecule has 0 amide bonds. The van der Waals surface area contributed by atoms with E-state index in [1.165, 1.54) is 9.36 Å². The Morgan fingerprint density at radius 3 is 2.31 bits per heavy atom. The van der Waals surface area contributed by atoms with Crippen LogP contribution in [0.25, 0.3) is 5.69 Å². The highest BCUT2D eigenvalue weighted by molar-refractivity contribution is 7.92.